The molecule has 4 N–H and O–H groups in total. The number of carbonyl (C=O) groups excluding carboxylic acids is 2. The Hall–Kier alpha value is -5.44. The van der Waals surface area contributed by atoms with Gasteiger partial charge < -0.3 is 25.6 Å². The van der Waals surface area contributed by atoms with Crippen molar-refractivity contribution in [3.8, 4) is 17.0 Å². The monoisotopic (exact) mass is 603 g/mol. The zero-order valence-electron chi connectivity index (χ0n) is 24.9. The fraction of sp³-hybridized carbons (Fsp3) is 0.194. The number of anilines is 2. The third-order valence-corrected chi connectivity index (χ3v) is 8.20. The fourth-order valence-corrected chi connectivity index (χ4v) is 5.81. The molecule has 0 aliphatic carbocycles. The molecule has 0 fully saturated rings. The molecule has 0 spiro atoms. The van der Waals surface area contributed by atoms with Gasteiger partial charge in [-0.15, -0.1) is 0 Å². The standard InChI is InChI=1S/C36H34FN5O3/c1-2-42-19-17-30-32(36(42)45)34(40-27-8-4-3-5-9-27)33(41-30)24-16-18-38-28(20-24)21-25(23-12-14-26(37)15-13-23)22-39-35(44)29-10-6-7-11-31(29)43/h3-16,18,20,25,40-41,43H,2,17,19,21-22H2,1H3,(H,39,44)/t25-/m1/s1. The molecule has 2 amide bonds. The van der Waals surface area contributed by atoms with Gasteiger partial charge in [-0.2, -0.15) is 0 Å². The zero-order chi connectivity index (χ0) is 31.3. The topological polar surface area (TPSA) is 110 Å². The van der Waals surface area contributed by atoms with Crippen LogP contribution in [0.1, 0.15) is 50.5 Å². The molecule has 1 aliphatic heterocycles. The highest BCUT2D eigenvalue weighted by Crippen LogP contribution is 2.38. The van der Waals surface area contributed by atoms with Crippen molar-refractivity contribution in [3.63, 3.8) is 0 Å². The van der Waals surface area contributed by atoms with E-state index in [0.29, 0.717) is 25.1 Å². The van der Waals surface area contributed by atoms with Gasteiger partial charge in [-0.25, -0.2) is 4.39 Å². The van der Waals surface area contributed by atoms with E-state index < -0.39 is 5.91 Å². The number of nitrogens with one attached hydrogen (secondary N) is 3. The average Bonchev–Trinajstić information content (AvgIpc) is 3.43. The number of phenolic OH excluding ortho intramolecular Hbond substituents is 1. The summed E-state index contributed by atoms with van der Waals surface area (Å²) >= 11 is 0. The van der Waals surface area contributed by atoms with E-state index in [2.05, 4.69) is 20.6 Å². The van der Waals surface area contributed by atoms with E-state index in [1.54, 1.807) is 36.5 Å². The fourth-order valence-electron chi connectivity index (χ4n) is 5.81. The number of pyridine rings is 1. The maximum Gasteiger partial charge on any atom is 0.257 e. The normalized spacial score (nSPS) is 13.3. The van der Waals surface area contributed by atoms with Crippen molar-refractivity contribution in [2.24, 2.45) is 0 Å². The van der Waals surface area contributed by atoms with Crippen LogP contribution < -0.4 is 10.6 Å². The van der Waals surface area contributed by atoms with Gasteiger partial charge in [0.15, 0.2) is 0 Å². The van der Waals surface area contributed by atoms with Gasteiger partial charge in [0.05, 0.1) is 22.5 Å². The minimum atomic E-state index is -0.402. The zero-order valence-corrected chi connectivity index (χ0v) is 24.9. The summed E-state index contributed by atoms with van der Waals surface area (Å²) in [6.07, 6.45) is 2.91. The lowest BCUT2D eigenvalue weighted by atomic mass is 9.93. The maximum atomic E-state index is 13.8. The number of amides is 2. The molecule has 3 heterocycles. The summed E-state index contributed by atoms with van der Waals surface area (Å²) in [5, 5.41) is 16.6. The number of fused-ring (bicyclic) bond motifs is 1. The predicted molar refractivity (Wildman–Crippen MR) is 172 cm³/mol. The molecule has 6 rings (SSSR count). The molecule has 9 heteroatoms. The van der Waals surface area contributed by atoms with Crippen LogP contribution in [0.3, 0.4) is 0 Å². The minimum Gasteiger partial charge on any atom is -0.507 e. The first-order chi connectivity index (χ1) is 21.9. The second-order valence-corrected chi connectivity index (χ2v) is 11.1. The molecular weight excluding hydrogens is 569 g/mol. The van der Waals surface area contributed by atoms with Crippen LogP contribution in [0.2, 0.25) is 0 Å². The van der Waals surface area contributed by atoms with Crippen molar-refractivity contribution in [2.75, 3.05) is 25.0 Å². The number of aromatic nitrogens is 2. The first kappa shape index (κ1) is 29.6. The molecule has 0 saturated carbocycles. The molecule has 1 atom stereocenters. The van der Waals surface area contributed by atoms with E-state index in [-0.39, 0.29) is 35.5 Å². The maximum absolute atomic E-state index is 13.8. The summed E-state index contributed by atoms with van der Waals surface area (Å²) in [6, 6.07) is 26.2. The highest BCUT2D eigenvalue weighted by atomic mass is 19.1. The molecule has 8 nitrogen and oxygen atoms in total. The Balaban J connectivity index is 1.32. The van der Waals surface area contributed by atoms with Gasteiger partial charge in [-0.05, 0) is 67.4 Å². The molecule has 228 valence electrons. The Morgan fingerprint density at radius 2 is 1.80 bits per heavy atom. The number of rotatable bonds is 10. The van der Waals surface area contributed by atoms with Crippen molar-refractivity contribution in [2.45, 2.75) is 25.7 Å². The number of aromatic amines is 1. The number of hydrogen-bond acceptors (Lipinski definition) is 5. The summed E-state index contributed by atoms with van der Waals surface area (Å²) in [5.74, 6) is -1.09. The Morgan fingerprint density at radius 1 is 1.04 bits per heavy atom. The van der Waals surface area contributed by atoms with E-state index in [9.17, 15) is 19.1 Å². The summed E-state index contributed by atoms with van der Waals surface area (Å²) in [7, 11) is 0. The number of phenols is 1. The van der Waals surface area contributed by atoms with Crippen LogP contribution >= 0.6 is 0 Å². The third-order valence-electron chi connectivity index (χ3n) is 8.20. The van der Waals surface area contributed by atoms with Gasteiger partial charge in [0.25, 0.3) is 11.8 Å². The molecule has 0 bridgehead atoms. The quantitative estimate of drug-likeness (QED) is 0.147. The molecule has 0 saturated heterocycles. The Bertz CT molecular complexity index is 1820. The van der Waals surface area contributed by atoms with Crippen LogP contribution in [0.25, 0.3) is 11.3 Å². The summed E-state index contributed by atoms with van der Waals surface area (Å²) in [6.45, 7) is 3.51. The third kappa shape index (κ3) is 6.43. The van der Waals surface area contributed by atoms with Gasteiger partial charge in [-0.1, -0.05) is 42.5 Å². The van der Waals surface area contributed by atoms with Crippen molar-refractivity contribution in [1.82, 2.24) is 20.2 Å². The number of likely N-dealkylation sites (N-methyl/N-ethyl adjacent to an activating group) is 1. The number of H-pyrrole nitrogens is 1. The first-order valence-corrected chi connectivity index (χ1v) is 15.0. The van der Waals surface area contributed by atoms with Gasteiger partial charge in [0.1, 0.15) is 11.6 Å². The number of para-hydroxylation sites is 2. The van der Waals surface area contributed by atoms with Crippen LogP contribution in [0.15, 0.2) is 97.2 Å². The molecule has 5 aromatic rings. The van der Waals surface area contributed by atoms with Gasteiger partial charge in [0.2, 0.25) is 0 Å². The number of hydrogen-bond donors (Lipinski definition) is 4. The van der Waals surface area contributed by atoms with Crippen LogP contribution in [-0.4, -0.2) is 51.4 Å². The molecule has 0 radical (unpaired) electrons. The average molecular weight is 604 g/mol. The van der Waals surface area contributed by atoms with Crippen molar-refractivity contribution < 1.29 is 19.1 Å². The van der Waals surface area contributed by atoms with Crippen LogP contribution in [0.5, 0.6) is 5.75 Å². The van der Waals surface area contributed by atoms with Gasteiger partial charge in [0, 0.05) is 60.8 Å². The van der Waals surface area contributed by atoms with E-state index >= 15 is 0 Å². The van der Waals surface area contributed by atoms with E-state index in [1.807, 2.05) is 54.3 Å². The van der Waals surface area contributed by atoms with Crippen LogP contribution in [0, 0.1) is 5.82 Å². The molecular formula is C36H34FN5O3. The summed E-state index contributed by atoms with van der Waals surface area (Å²) in [4.78, 5) is 36.5. The number of nitrogens with zero attached hydrogens (tertiary/aromatic N) is 2. The number of carbonyl (C=O) groups is 2. The van der Waals surface area contributed by atoms with Gasteiger partial charge in [-0.3, -0.25) is 14.6 Å². The highest BCUT2D eigenvalue weighted by molar-refractivity contribution is 6.06. The minimum absolute atomic E-state index is 0.00877. The lowest BCUT2D eigenvalue weighted by molar-refractivity contribution is 0.0749. The Morgan fingerprint density at radius 3 is 2.56 bits per heavy atom. The van der Waals surface area contributed by atoms with E-state index in [0.717, 1.165) is 46.0 Å². The molecule has 45 heavy (non-hydrogen) atoms. The highest BCUT2D eigenvalue weighted by Gasteiger charge is 2.31. The molecule has 2 aromatic heterocycles. The smallest absolute Gasteiger partial charge is 0.257 e. The van der Waals surface area contributed by atoms with Crippen LogP contribution in [-0.2, 0) is 12.8 Å². The SMILES string of the molecule is CCN1CCc2[nH]c(-c3ccnc(C[C@H](CNC(=O)c4ccccc4O)c4ccc(F)cc4)c3)c(Nc3ccccc3)c2C1=O. The lowest BCUT2D eigenvalue weighted by Crippen LogP contribution is -2.37. The first-order valence-electron chi connectivity index (χ1n) is 15.0. The molecule has 0 unspecified atom stereocenters. The Kier molecular flexibility index (Phi) is 8.59. The number of benzene rings is 3. The van der Waals surface area contributed by atoms with E-state index in [1.165, 1.54) is 18.2 Å². The van der Waals surface area contributed by atoms with Gasteiger partial charge >= 0.3 is 0 Å². The molecule has 3 aromatic carbocycles. The number of halogens is 1. The Labute approximate surface area is 261 Å². The lowest BCUT2D eigenvalue weighted by Gasteiger charge is -2.26. The summed E-state index contributed by atoms with van der Waals surface area (Å²) in [5.41, 5.74) is 6.58. The van der Waals surface area contributed by atoms with Crippen LogP contribution in [0.4, 0.5) is 15.8 Å². The van der Waals surface area contributed by atoms with Crippen molar-refractivity contribution in [1.29, 1.82) is 0 Å². The number of aromatic hydroxyl groups is 1. The predicted octanol–water partition coefficient (Wildman–Crippen LogP) is 6.44. The van der Waals surface area contributed by atoms with E-state index in [4.69, 9.17) is 0 Å². The second-order valence-electron chi connectivity index (χ2n) is 11.1. The van der Waals surface area contributed by atoms with Crippen molar-refractivity contribution in [3.05, 3.63) is 131 Å². The summed E-state index contributed by atoms with van der Waals surface area (Å²) < 4.78 is 13.8. The molecule has 1 aliphatic rings. The second kappa shape index (κ2) is 13.1. The van der Waals surface area contributed by atoms with Crippen molar-refractivity contribution >= 4 is 23.2 Å². The largest absolute Gasteiger partial charge is 0.507 e.